The topological polar surface area (TPSA) is 584 Å². The minimum atomic E-state index is -1.09. The second kappa shape index (κ2) is 88.0. The van der Waals surface area contributed by atoms with E-state index < -0.39 is 63.8 Å². The smallest absolute Gasteiger partial charge is 0 e. The number of likely N-dealkylation sites (tertiary alicyclic amines) is 4. The van der Waals surface area contributed by atoms with Crippen LogP contribution in [-0.4, -0.2) is 236 Å². The van der Waals surface area contributed by atoms with Gasteiger partial charge in [0.15, 0.2) is 11.5 Å². The van der Waals surface area contributed by atoms with Crippen molar-refractivity contribution in [2.24, 2.45) is 0 Å². The van der Waals surface area contributed by atoms with E-state index in [1.807, 2.05) is 36.4 Å². The van der Waals surface area contributed by atoms with E-state index in [0.29, 0.717) is 46.9 Å². The second-order valence-corrected chi connectivity index (χ2v) is 36.6. The predicted octanol–water partition coefficient (Wildman–Crippen LogP) is 21.6. The predicted molar refractivity (Wildman–Crippen MR) is 634 cm³/mol. The van der Waals surface area contributed by atoms with Crippen molar-refractivity contribution in [1.29, 1.82) is 5.31 Å². The molecule has 4 aliphatic heterocycles. The molecule has 4 saturated heterocycles. The zero-order valence-corrected chi connectivity index (χ0v) is 87.0. The summed E-state index contributed by atoms with van der Waals surface area (Å²) in [6.45, 7) is 13.7. The summed E-state index contributed by atoms with van der Waals surface area (Å²) >= 11 is 14.1. The van der Waals surface area contributed by atoms with Gasteiger partial charge in [-0.1, -0.05) is 188 Å². The zero-order chi connectivity index (χ0) is 103. The second-order valence-electron chi connectivity index (χ2n) is 35.4. The maximum absolute atomic E-state index is 12.5. The van der Waals surface area contributed by atoms with E-state index in [-0.39, 0.29) is 134 Å². The molecule has 7 aromatic heterocycles. The standard InChI is InChI=1S/C20H28N4O2.C19H33BN4O.C18H30N4.C13H23NO.C6H8BN3O3.C6H10BN3O.C5H5N3O2.C3H2Cl2O2.C3H3ClO3.8CH4.BHN.3ClH.H3N.H2/c25-19-20(26)24(17-9-6-12-21-18(17)22-19)16-10-13-23(14-11-16)15-7-4-2-1-3-5-8-15;1-20(25)23-19-18(10-7-13-21-19)22-16-11-14-24(15-12-16)17-8-5-3-2-4-6-9-17;19-18-17(9-6-12-20-18)21-15-10-13-22(14-11-15)16-7-4-2-1-3-5-8-16;15-13-8-10-14(11-9-13)12-6-4-2-1-3-5-7-12;1-7(11)9-6-5(10(12)13)3-2-4-8-6;1-7(11)10-6-5(8)3-2-4-9-6;6-5-4(8(9)10)2-1-3-7-5;4-2(6)1-3(5)7;1-7-3(6)2(4)5;;;;;;;;;1-2;;;;;/h6,9,12,15-16H,1-5,7-8,10-11,13-14H2,(H,21,22,25);7,10,13,16-17,22,25H,2-6,8-9,11-12,14-15H2,1H3,(H,21,23);6,9,12,15-16,21H,1-5,7-8,10-11,13-14H2,(H2,19,20);12H,1-11H2;2-4,11H,1H3,(H,8,9);2-4,11H,8H2,1H3,(H,9,10);1-3H,(H2,6,7);1H2;1H3;8*1H4;2H;3*1H;1H3;1H/i/hD. The van der Waals surface area contributed by atoms with Crippen molar-refractivity contribution in [2.75, 3.05) is 103 Å². The number of fused-ring (bicyclic) bond motifs is 1. The molecule has 11 heterocycles. The number of carbonyl (C=O) groups excluding carboxylic acids is 5. The first-order chi connectivity index (χ1) is 67.5. The van der Waals surface area contributed by atoms with Crippen LogP contribution in [-0.2, 0) is 28.7 Å². The molecule has 1 radical (unpaired) electrons. The van der Waals surface area contributed by atoms with Gasteiger partial charge in [0, 0.05) is 158 Å². The van der Waals surface area contributed by atoms with Gasteiger partial charge in [0.1, 0.15) is 24.6 Å². The van der Waals surface area contributed by atoms with E-state index in [2.05, 4.69) is 111 Å². The fraction of sp³-hybridized carbons (Fsp3) is 0.634. The molecule has 4 aliphatic carbocycles. The summed E-state index contributed by atoms with van der Waals surface area (Å²) in [5.74, 6) is 1.33. The average molecular weight is 2230 g/mol. The van der Waals surface area contributed by atoms with Gasteiger partial charge in [-0.3, -0.25) is 58.5 Å². The molecule has 8 aliphatic rings. The number of piperidine rings is 4. The number of aromatic amines is 1. The van der Waals surface area contributed by atoms with Crippen LogP contribution in [0.4, 0.5) is 57.5 Å². The van der Waals surface area contributed by atoms with Gasteiger partial charge < -0.3 is 89.2 Å². The minimum absolute atomic E-state index is 0. The largest absolute Gasteiger partial charge is 0 e. The van der Waals surface area contributed by atoms with Crippen LogP contribution in [0.2, 0.25) is 21.9 Å². The van der Waals surface area contributed by atoms with Crippen LogP contribution < -0.4 is 60.8 Å². The Bertz CT molecular complexity index is 4880. The zero-order valence-electron chi connectivity index (χ0n) is 83.3. The van der Waals surface area contributed by atoms with Crippen molar-refractivity contribution in [3.8, 4) is 0 Å². The molecule has 8 fully saturated rings. The van der Waals surface area contributed by atoms with Gasteiger partial charge in [0.2, 0.25) is 16.3 Å². The number of anilines is 8. The van der Waals surface area contributed by atoms with Crippen LogP contribution in [0.3, 0.4) is 0 Å². The fourth-order valence-electron chi connectivity index (χ4n) is 18.3. The summed E-state index contributed by atoms with van der Waals surface area (Å²) in [4.78, 5) is 131. The van der Waals surface area contributed by atoms with E-state index in [9.17, 15) is 58.8 Å². The third kappa shape index (κ3) is 59.2. The van der Waals surface area contributed by atoms with Crippen molar-refractivity contribution in [1.82, 2.24) is 65.2 Å². The monoisotopic (exact) mass is 2230 g/mol. The molecule has 4 saturated carbocycles. The first-order valence-electron chi connectivity index (χ1n) is 49.2. The molecule has 0 atom stereocenters. The van der Waals surface area contributed by atoms with Gasteiger partial charge in [-0.25, -0.2) is 34.7 Å². The third-order valence-corrected chi connectivity index (χ3v) is 25.6. The van der Waals surface area contributed by atoms with Crippen molar-refractivity contribution in [3.05, 3.63) is 151 Å². The number of pyridine rings is 6. The Morgan fingerprint density at radius 2 is 0.773 bits per heavy atom. The first-order valence-corrected chi connectivity index (χ1v) is 49.8. The number of hydrogen-bond donors (Lipinski definition) is 14. The number of aromatic nitrogens is 8. The van der Waals surface area contributed by atoms with Gasteiger partial charge in [0.05, 0.1) is 46.0 Å². The molecule has 150 heavy (non-hydrogen) atoms. The molecule has 39 nitrogen and oxygen atoms in total. The van der Waals surface area contributed by atoms with Crippen LogP contribution in [0.1, 0.15) is 304 Å². The van der Waals surface area contributed by atoms with E-state index in [1.165, 1.54) is 275 Å². The number of nitrogens with one attached hydrogen (secondary N) is 7. The molecule has 49 heteroatoms. The maximum atomic E-state index is 12.5. The third-order valence-electron chi connectivity index (χ3n) is 25.2. The summed E-state index contributed by atoms with van der Waals surface area (Å²) in [5.41, 5.74) is 19.1. The van der Waals surface area contributed by atoms with Crippen molar-refractivity contribution in [2.45, 2.75) is 360 Å². The number of nitro groups is 2. The van der Waals surface area contributed by atoms with Crippen molar-refractivity contribution < 1.29 is 56.5 Å². The molecule has 7 aromatic rings. The Balaban J connectivity index is -0.000000260. The number of methoxy groups -OCH3 is 1. The Morgan fingerprint density at radius 1 is 0.460 bits per heavy atom. The number of hydrogen-bond acceptors (Lipinski definition) is 35. The Kier molecular flexibility index (Phi) is 88.8. The molecule has 0 aromatic carbocycles. The number of esters is 1. The number of nitrogens with zero attached hydrogens (tertiary/aromatic N) is 13. The average Bonchev–Trinajstić information content (AvgIpc) is 0.772. The molecule has 15 rings (SSSR count). The number of ketones is 1. The number of Topliss-reactive ketones (excluding diaryl/α,β-unsaturated/α-hetero) is 1. The van der Waals surface area contributed by atoms with Gasteiger partial charge >= 0.3 is 67.8 Å². The van der Waals surface area contributed by atoms with E-state index in [1.54, 1.807) is 55.1 Å². The molecule has 0 bridgehead atoms. The molecule has 0 unspecified atom stereocenters. The van der Waals surface area contributed by atoms with Crippen molar-refractivity contribution in [3.63, 3.8) is 0 Å². The molecule has 19 N–H and O–H groups in total. The SMILES string of the molecule is C.C.C.C.C.C.C.C.CB(O)Nc1ncccc1N.CB(O)Nc1ncccc1NC1CCN(C2CCCCCCC2)CC1.CB(O)Nc1ncccc1[N+](=O)[O-].COC(=O)C(=O)Cl.Cl.Cl.Cl.Nc1ncccc1NC1CCN(C2CCCCCCC2)CC1.Nc1ncccc1[N+](=O)[O-].O=C(Cl)CC(=O)Cl.O=C1CCN(C2CCCCCCC2)CC1.O=c1[nH]c2ncccc2n(C2CCN(C3CCCCCCC3)CC2)c1=O.[2H]N.[B]=N.[HH]. The number of rotatable bonds is 20. The van der Waals surface area contributed by atoms with Gasteiger partial charge in [0.25, 0.3) is 0 Å². The number of carbonyl (C=O) groups is 5. The van der Waals surface area contributed by atoms with E-state index >= 15 is 0 Å². The first kappa shape index (κ1) is 151. The van der Waals surface area contributed by atoms with Gasteiger partial charge in [-0.2, -0.15) is 0 Å². The van der Waals surface area contributed by atoms with Crippen LogP contribution in [0.25, 0.3) is 11.2 Å². The molecular formula is C101H183B4Cl6N24O15. The normalized spacial score (nSPS) is 16.3. The van der Waals surface area contributed by atoms with Gasteiger partial charge in [-0.15, -0.1) is 37.2 Å². The maximum Gasteiger partial charge on any atom is 0 e. The summed E-state index contributed by atoms with van der Waals surface area (Å²) in [6, 6.07) is 24.9. The number of ether oxygens (including phenoxy) is 1. The minimum Gasteiger partial charge on any atom is 0 e. The summed E-state index contributed by atoms with van der Waals surface area (Å²) in [7, 11) is 2.74. The fourth-order valence-corrected chi connectivity index (χ4v) is 18.6. The van der Waals surface area contributed by atoms with Crippen molar-refractivity contribution >= 4 is 197 Å². The Labute approximate surface area is 931 Å². The molecular weight excluding hydrogens is 2050 g/mol. The number of nitrogen functional groups attached to an aromatic ring is 3. The number of nitrogens with two attached hydrogens (primary N) is 3. The van der Waals surface area contributed by atoms with Crippen LogP contribution >= 0.6 is 72.0 Å². The summed E-state index contributed by atoms with van der Waals surface area (Å²) < 4.78 is 10.8. The molecule has 0 spiro atoms. The van der Waals surface area contributed by atoms with E-state index in [4.69, 9.17) is 57.2 Å². The Hall–Kier alpha value is -9.33. The number of halogens is 6. The quantitative estimate of drug-likeness (QED) is 0.00641. The van der Waals surface area contributed by atoms with Crippen LogP contribution in [0.15, 0.2) is 120 Å². The summed E-state index contributed by atoms with van der Waals surface area (Å²) in [6.07, 6.45) is 60.3. The molecule has 0 amide bonds. The van der Waals surface area contributed by atoms with Crippen LogP contribution in [0.5, 0.6) is 0 Å². The van der Waals surface area contributed by atoms with Gasteiger partial charge in [-0.05, 0) is 206 Å². The summed E-state index contributed by atoms with van der Waals surface area (Å²) in [5, 5.41) is 66.1. The van der Waals surface area contributed by atoms with Crippen LogP contribution in [0, 0.1) is 25.5 Å². The van der Waals surface area contributed by atoms with E-state index in [0.717, 1.165) is 99.8 Å². The Morgan fingerprint density at radius 3 is 1.12 bits per heavy atom. The molecule has 851 valence electrons. The number of H-pyrrole nitrogens is 1.